The maximum absolute atomic E-state index is 5.80. The smallest absolute Gasteiger partial charge is 0.0354 e. The molecule has 0 heterocycles. The highest BCUT2D eigenvalue weighted by Gasteiger charge is 2.22. The van der Waals surface area contributed by atoms with Crippen LogP contribution in [0, 0.1) is 6.92 Å². The fourth-order valence-electron chi connectivity index (χ4n) is 1.07. The summed E-state index contributed by atoms with van der Waals surface area (Å²) in [6, 6.07) is 6.34. The second-order valence-corrected chi connectivity index (χ2v) is 4.71. The summed E-state index contributed by atoms with van der Waals surface area (Å²) >= 11 is 1.95. The Morgan fingerprint density at radius 1 is 1.42 bits per heavy atom. The number of thioether (sulfide) groups is 1. The van der Waals surface area contributed by atoms with Gasteiger partial charge in [-0.2, -0.15) is 0 Å². The topological polar surface area (TPSA) is 26.0 Å². The molecule has 1 aromatic carbocycles. The van der Waals surface area contributed by atoms with Gasteiger partial charge in [0.05, 0.1) is 0 Å². The van der Waals surface area contributed by atoms with Gasteiger partial charge >= 0.3 is 0 Å². The van der Waals surface area contributed by atoms with E-state index in [1.165, 1.54) is 23.3 Å². The van der Waals surface area contributed by atoms with Gasteiger partial charge in [0, 0.05) is 15.8 Å². The minimum atomic E-state index is 0.868. The second-order valence-electron chi connectivity index (χ2n) is 3.34. The number of hydrogen-bond acceptors (Lipinski definition) is 2. The van der Waals surface area contributed by atoms with E-state index in [1.807, 2.05) is 18.7 Å². The molecule has 1 fully saturated rings. The molecule has 0 atom stereocenters. The minimum Gasteiger partial charge on any atom is -0.398 e. The maximum atomic E-state index is 5.80. The largest absolute Gasteiger partial charge is 0.398 e. The second kappa shape index (κ2) is 3.02. The van der Waals surface area contributed by atoms with Crippen molar-refractivity contribution in [2.45, 2.75) is 29.9 Å². The van der Waals surface area contributed by atoms with Gasteiger partial charge in [0.25, 0.3) is 0 Å². The Hall–Kier alpha value is -0.630. The predicted molar refractivity (Wildman–Crippen MR) is 54.5 cm³/mol. The highest BCUT2D eigenvalue weighted by Crippen LogP contribution is 2.39. The molecule has 0 aliphatic heterocycles. The lowest BCUT2D eigenvalue weighted by Gasteiger charge is -2.03. The molecule has 1 aliphatic carbocycles. The lowest BCUT2D eigenvalue weighted by atomic mass is 10.2. The molecule has 2 N–H and O–H groups in total. The van der Waals surface area contributed by atoms with Crippen LogP contribution in [0.25, 0.3) is 0 Å². The summed E-state index contributed by atoms with van der Waals surface area (Å²) in [5.74, 6) is 0. The third-order valence-corrected chi connectivity index (χ3v) is 3.41. The first kappa shape index (κ1) is 7.99. The summed E-state index contributed by atoms with van der Waals surface area (Å²) in [6.07, 6.45) is 2.75. The summed E-state index contributed by atoms with van der Waals surface area (Å²) in [6.45, 7) is 2.04. The molecule has 0 bridgehead atoms. The van der Waals surface area contributed by atoms with Crippen molar-refractivity contribution in [3.8, 4) is 0 Å². The van der Waals surface area contributed by atoms with Crippen molar-refractivity contribution in [2.24, 2.45) is 0 Å². The van der Waals surface area contributed by atoms with Gasteiger partial charge in [-0.3, -0.25) is 0 Å². The normalized spacial score (nSPS) is 16.4. The first-order chi connectivity index (χ1) is 5.75. The SMILES string of the molecule is Cc1ccc(SC2CC2)cc1N. The highest BCUT2D eigenvalue weighted by molar-refractivity contribution is 8.00. The molecule has 0 unspecified atom stereocenters. The number of aryl methyl sites for hydroxylation is 1. The molecule has 0 spiro atoms. The van der Waals surface area contributed by atoms with E-state index in [0.717, 1.165) is 10.9 Å². The molecule has 1 nitrogen and oxygen atoms in total. The summed E-state index contributed by atoms with van der Waals surface area (Å²) < 4.78 is 0. The van der Waals surface area contributed by atoms with E-state index in [2.05, 4.69) is 18.2 Å². The highest BCUT2D eigenvalue weighted by atomic mass is 32.2. The Kier molecular flexibility index (Phi) is 2.01. The summed E-state index contributed by atoms with van der Waals surface area (Å²) in [5, 5.41) is 0.868. The fraction of sp³-hybridized carbons (Fsp3) is 0.400. The zero-order valence-electron chi connectivity index (χ0n) is 7.21. The molecular formula is C10H13NS. The maximum Gasteiger partial charge on any atom is 0.0354 e. The fourth-order valence-corrected chi connectivity index (χ4v) is 2.17. The Balaban J connectivity index is 2.15. The monoisotopic (exact) mass is 179 g/mol. The van der Waals surface area contributed by atoms with Gasteiger partial charge < -0.3 is 5.73 Å². The number of benzene rings is 1. The van der Waals surface area contributed by atoms with Crippen LogP contribution >= 0.6 is 11.8 Å². The molecule has 0 radical (unpaired) electrons. The van der Waals surface area contributed by atoms with Crippen molar-refractivity contribution in [3.63, 3.8) is 0 Å². The Morgan fingerprint density at radius 2 is 2.17 bits per heavy atom. The number of nitrogens with two attached hydrogens (primary N) is 1. The third-order valence-electron chi connectivity index (χ3n) is 2.08. The summed E-state index contributed by atoms with van der Waals surface area (Å²) in [5.41, 5.74) is 7.90. The van der Waals surface area contributed by atoms with Crippen LogP contribution in [0.1, 0.15) is 18.4 Å². The zero-order chi connectivity index (χ0) is 8.55. The van der Waals surface area contributed by atoms with Gasteiger partial charge in [0.15, 0.2) is 0 Å². The average molecular weight is 179 g/mol. The van der Waals surface area contributed by atoms with Gasteiger partial charge in [0.2, 0.25) is 0 Å². The van der Waals surface area contributed by atoms with E-state index in [0.29, 0.717) is 0 Å². The van der Waals surface area contributed by atoms with Crippen molar-refractivity contribution in [2.75, 3.05) is 5.73 Å². The number of hydrogen-bond donors (Lipinski definition) is 1. The van der Waals surface area contributed by atoms with Crippen LogP contribution in [-0.4, -0.2) is 5.25 Å². The third kappa shape index (κ3) is 1.75. The van der Waals surface area contributed by atoms with E-state index in [1.54, 1.807) is 0 Å². The molecule has 12 heavy (non-hydrogen) atoms. The summed E-state index contributed by atoms with van der Waals surface area (Å²) in [4.78, 5) is 1.32. The minimum absolute atomic E-state index is 0.868. The molecular weight excluding hydrogens is 166 g/mol. The Morgan fingerprint density at radius 3 is 2.75 bits per heavy atom. The predicted octanol–water partition coefficient (Wildman–Crippen LogP) is 2.83. The molecule has 0 amide bonds. The lowest BCUT2D eigenvalue weighted by Crippen LogP contribution is -1.89. The molecule has 64 valence electrons. The van der Waals surface area contributed by atoms with Gasteiger partial charge in [-0.1, -0.05) is 6.07 Å². The van der Waals surface area contributed by atoms with Crippen molar-refractivity contribution in [3.05, 3.63) is 23.8 Å². The number of rotatable bonds is 2. The van der Waals surface area contributed by atoms with Crippen LogP contribution in [0.5, 0.6) is 0 Å². The van der Waals surface area contributed by atoms with Crippen LogP contribution < -0.4 is 5.73 Å². The van der Waals surface area contributed by atoms with E-state index < -0.39 is 0 Å². The lowest BCUT2D eigenvalue weighted by molar-refractivity contribution is 1.36. The average Bonchev–Trinajstić information content (AvgIpc) is 2.81. The van der Waals surface area contributed by atoms with Gasteiger partial charge in [-0.25, -0.2) is 0 Å². The molecule has 0 saturated heterocycles. The molecule has 1 aromatic rings. The zero-order valence-corrected chi connectivity index (χ0v) is 8.03. The number of nitrogen functional groups attached to an aromatic ring is 1. The van der Waals surface area contributed by atoms with Crippen LogP contribution in [0.3, 0.4) is 0 Å². The van der Waals surface area contributed by atoms with Crippen LogP contribution in [0.4, 0.5) is 5.69 Å². The quantitative estimate of drug-likeness (QED) is 0.706. The van der Waals surface area contributed by atoms with Crippen LogP contribution in [0.2, 0.25) is 0 Å². The van der Waals surface area contributed by atoms with E-state index in [4.69, 9.17) is 5.73 Å². The van der Waals surface area contributed by atoms with Crippen LogP contribution in [0.15, 0.2) is 23.1 Å². The van der Waals surface area contributed by atoms with E-state index >= 15 is 0 Å². The van der Waals surface area contributed by atoms with Crippen molar-refractivity contribution in [1.29, 1.82) is 0 Å². The molecule has 1 aliphatic rings. The molecule has 2 heteroatoms. The van der Waals surface area contributed by atoms with Gasteiger partial charge in [-0.15, -0.1) is 11.8 Å². The molecule has 1 saturated carbocycles. The van der Waals surface area contributed by atoms with Crippen molar-refractivity contribution in [1.82, 2.24) is 0 Å². The summed E-state index contributed by atoms with van der Waals surface area (Å²) in [7, 11) is 0. The Labute approximate surface area is 77.3 Å². The van der Waals surface area contributed by atoms with Gasteiger partial charge in [-0.05, 0) is 37.5 Å². The first-order valence-electron chi connectivity index (χ1n) is 4.28. The standard InChI is InChI=1S/C10H13NS/c1-7-2-3-9(6-10(7)11)12-8-4-5-8/h2-3,6,8H,4-5,11H2,1H3. The molecule has 2 rings (SSSR count). The van der Waals surface area contributed by atoms with E-state index in [-0.39, 0.29) is 0 Å². The molecule has 0 aromatic heterocycles. The van der Waals surface area contributed by atoms with Gasteiger partial charge in [0.1, 0.15) is 0 Å². The Bertz CT molecular complexity index is 292. The van der Waals surface area contributed by atoms with Crippen LogP contribution in [-0.2, 0) is 0 Å². The number of anilines is 1. The first-order valence-corrected chi connectivity index (χ1v) is 5.16. The van der Waals surface area contributed by atoms with Crippen molar-refractivity contribution >= 4 is 17.4 Å². The van der Waals surface area contributed by atoms with Crippen molar-refractivity contribution < 1.29 is 0 Å². The van der Waals surface area contributed by atoms with E-state index in [9.17, 15) is 0 Å².